The van der Waals surface area contributed by atoms with Crippen molar-refractivity contribution < 1.29 is 13.2 Å². The minimum atomic E-state index is -3.08. The standard InChI is InChI=1S/C18H23ClN4O3S/c1-3-4-9-22(16-8-10-27(25,26)12-16)18(24)17-13(2)20-23(21-17)15-7-5-6-14(19)11-15/h5-7,11,16H,3-4,8-10,12H2,1-2H3. The van der Waals surface area contributed by atoms with Crippen molar-refractivity contribution in [2.75, 3.05) is 18.1 Å². The predicted molar refractivity (Wildman–Crippen MR) is 104 cm³/mol. The van der Waals surface area contributed by atoms with Crippen LogP contribution in [0.1, 0.15) is 42.4 Å². The van der Waals surface area contributed by atoms with E-state index in [1.807, 2.05) is 6.92 Å². The second-order valence-corrected chi connectivity index (χ2v) is 9.48. The van der Waals surface area contributed by atoms with E-state index in [0.717, 1.165) is 12.8 Å². The number of hydrogen-bond acceptors (Lipinski definition) is 5. The number of halogens is 1. The van der Waals surface area contributed by atoms with Gasteiger partial charge in [-0.3, -0.25) is 4.79 Å². The van der Waals surface area contributed by atoms with Gasteiger partial charge in [-0.05, 0) is 38.0 Å². The van der Waals surface area contributed by atoms with Crippen LogP contribution < -0.4 is 0 Å². The lowest BCUT2D eigenvalue weighted by Gasteiger charge is -2.27. The van der Waals surface area contributed by atoms with Crippen LogP contribution in [0.3, 0.4) is 0 Å². The average molecular weight is 411 g/mol. The number of hydrogen-bond donors (Lipinski definition) is 0. The van der Waals surface area contributed by atoms with Crippen molar-refractivity contribution in [1.29, 1.82) is 0 Å². The Morgan fingerprint density at radius 2 is 2.15 bits per heavy atom. The number of unbranched alkanes of at least 4 members (excludes halogenated alkanes) is 1. The van der Waals surface area contributed by atoms with E-state index in [4.69, 9.17) is 11.6 Å². The van der Waals surface area contributed by atoms with Gasteiger partial charge >= 0.3 is 0 Å². The smallest absolute Gasteiger partial charge is 0.276 e. The third kappa shape index (κ3) is 4.50. The van der Waals surface area contributed by atoms with E-state index in [-0.39, 0.29) is 29.1 Å². The van der Waals surface area contributed by atoms with Gasteiger partial charge in [-0.2, -0.15) is 9.90 Å². The summed E-state index contributed by atoms with van der Waals surface area (Å²) in [5.41, 5.74) is 1.41. The molecular weight excluding hydrogens is 388 g/mol. The largest absolute Gasteiger partial charge is 0.333 e. The molecule has 1 aromatic carbocycles. The fourth-order valence-electron chi connectivity index (χ4n) is 3.23. The van der Waals surface area contributed by atoms with Gasteiger partial charge in [-0.25, -0.2) is 8.42 Å². The van der Waals surface area contributed by atoms with E-state index < -0.39 is 9.84 Å². The molecule has 0 spiro atoms. The highest BCUT2D eigenvalue weighted by Crippen LogP contribution is 2.22. The number of benzene rings is 1. The van der Waals surface area contributed by atoms with Crippen molar-refractivity contribution in [3.63, 3.8) is 0 Å². The molecule has 1 atom stereocenters. The maximum atomic E-state index is 13.2. The van der Waals surface area contributed by atoms with E-state index in [9.17, 15) is 13.2 Å². The highest BCUT2D eigenvalue weighted by atomic mass is 35.5. The number of aryl methyl sites for hydroxylation is 1. The molecule has 146 valence electrons. The molecule has 0 aliphatic carbocycles. The van der Waals surface area contributed by atoms with Crippen LogP contribution in [0.5, 0.6) is 0 Å². The van der Waals surface area contributed by atoms with Gasteiger partial charge < -0.3 is 4.90 Å². The van der Waals surface area contributed by atoms with Crippen LogP contribution in [0, 0.1) is 6.92 Å². The Hall–Kier alpha value is -1.93. The molecule has 1 saturated heterocycles. The molecule has 1 aliphatic heterocycles. The summed E-state index contributed by atoms with van der Waals surface area (Å²) in [6.07, 6.45) is 2.19. The van der Waals surface area contributed by atoms with Gasteiger partial charge in [-0.15, -0.1) is 5.10 Å². The molecule has 1 fully saturated rings. The molecule has 2 heterocycles. The summed E-state index contributed by atoms with van der Waals surface area (Å²) < 4.78 is 23.8. The Balaban J connectivity index is 1.89. The second-order valence-electron chi connectivity index (χ2n) is 6.81. The molecule has 7 nitrogen and oxygen atoms in total. The van der Waals surface area contributed by atoms with Crippen molar-refractivity contribution in [3.05, 3.63) is 40.7 Å². The molecule has 0 saturated carbocycles. The molecule has 2 aromatic rings. The zero-order valence-electron chi connectivity index (χ0n) is 15.4. The Labute approximate surface area is 164 Å². The molecule has 1 aromatic heterocycles. The lowest BCUT2D eigenvalue weighted by molar-refractivity contribution is 0.0687. The number of nitrogens with zero attached hydrogens (tertiary/aromatic N) is 4. The van der Waals surface area contributed by atoms with Crippen LogP contribution in [-0.4, -0.2) is 58.3 Å². The summed E-state index contributed by atoms with van der Waals surface area (Å²) in [5.74, 6) is -0.123. The van der Waals surface area contributed by atoms with E-state index in [0.29, 0.717) is 29.4 Å². The lowest BCUT2D eigenvalue weighted by Crippen LogP contribution is -2.42. The normalized spacial score (nSPS) is 18.6. The summed E-state index contributed by atoms with van der Waals surface area (Å²) in [4.78, 5) is 16.2. The number of carbonyl (C=O) groups is 1. The Bertz CT molecular complexity index is 942. The first-order chi connectivity index (χ1) is 12.8. The van der Waals surface area contributed by atoms with E-state index >= 15 is 0 Å². The van der Waals surface area contributed by atoms with Crippen LogP contribution in [0.4, 0.5) is 0 Å². The van der Waals surface area contributed by atoms with Crippen LogP contribution in [0.2, 0.25) is 5.02 Å². The van der Waals surface area contributed by atoms with Crippen LogP contribution in [-0.2, 0) is 9.84 Å². The van der Waals surface area contributed by atoms with Crippen molar-refractivity contribution in [3.8, 4) is 5.69 Å². The van der Waals surface area contributed by atoms with Gasteiger partial charge in [0, 0.05) is 17.6 Å². The minimum absolute atomic E-state index is 0.0178. The molecule has 27 heavy (non-hydrogen) atoms. The summed E-state index contributed by atoms with van der Waals surface area (Å²) >= 11 is 6.02. The second kappa shape index (κ2) is 7.98. The third-order valence-corrected chi connectivity index (χ3v) is 6.67. The van der Waals surface area contributed by atoms with Crippen LogP contribution in [0.15, 0.2) is 24.3 Å². The highest BCUT2D eigenvalue weighted by molar-refractivity contribution is 7.91. The van der Waals surface area contributed by atoms with Crippen LogP contribution >= 0.6 is 11.6 Å². The van der Waals surface area contributed by atoms with Gasteiger partial charge in [0.1, 0.15) is 0 Å². The number of sulfone groups is 1. The van der Waals surface area contributed by atoms with Crippen molar-refractivity contribution in [1.82, 2.24) is 19.9 Å². The number of aromatic nitrogens is 3. The summed E-state index contributed by atoms with van der Waals surface area (Å²) in [7, 11) is -3.08. The SMILES string of the molecule is CCCCN(C(=O)c1nn(-c2cccc(Cl)c2)nc1C)C1CCS(=O)(=O)C1. The number of carbonyl (C=O) groups excluding carboxylic acids is 1. The molecular formula is C18H23ClN4O3S. The molecule has 0 bridgehead atoms. The van der Waals surface area contributed by atoms with Crippen molar-refractivity contribution in [2.45, 2.75) is 39.2 Å². The van der Waals surface area contributed by atoms with E-state index in [1.165, 1.54) is 4.80 Å². The molecule has 9 heteroatoms. The molecule has 3 rings (SSSR count). The van der Waals surface area contributed by atoms with Crippen molar-refractivity contribution in [2.24, 2.45) is 0 Å². The lowest BCUT2D eigenvalue weighted by atomic mass is 10.1. The predicted octanol–water partition coefficient (Wildman–Crippen LogP) is 2.66. The number of rotatable bonds is 6. The van der Waals surface area contributed by atoms with Gasteiger partial charge in [0.05, 0.1) is 22.9 Å². The maximum absolute atomic E-state index is 13.2. The third-order valence-electron chi connectivity index (χ3n) is 4.69. The quantitative estimate of drug-likeness (QED) is 0.730. The topological polar surface area (TPSA) is 85.2 Å². The van der Waals surface area contributed by atoms with Gasteiger partial charge in [-0.1, -0.05) is 31.0 Å². The van der Waals surface area contributed by atoms with Gasteiger partial charge in [0.25, 0.3) is 5.91 Å². The van der Waals surface area contributed by atoms with Gasteiger partial charge in [0.15, 0.2) is 15.5 Å². The Kier molecular flexibility index (Phi) is 5.86. The summed E-state index contributed by atoms with van der Waals surface area (Å²) in [5, 5.41) is 9.26. The first kappa shape index (κ1) is 19.8. The zero-order valence-corrected chi connectivity index (χ0v) is 17.0. The number of amides is 1. The molecule has 1 amide bonds. The molecule has 1 aliphatic rings. The average Bonchev–Trinajstić information content (AvgIpc) is 3.17. The monoisotopic (exact) mass is 410 g/mol. The fourth-order valence-corrected chi connectivity index (χ4v) is 5.14. The molecule has 0 radical (unpaired) electrons. The van der Waals surface area contributed by atoms with Gasteiger partial charge in [0.2, 0.25) is 0 Å². The zero-order chi connectivity index (χ0) is 19.6. The summed E-state index contributed by atoms with van der Waals surface area (Å²) in [6, 6.07) is 6.76. The maximum Gasteiger partial charge on any atom is 0.276 e. The summed E-state index contributed by atoms with van der Waals surface area (Å²) in [6.45, 7) is 4.28. The van der Waals surface area contributed by atoms with Crippen molar-refractivity contribution >= 4 is 27.3 Å². The van der Waals surface area contributed by atoms with Crippen LogP contribution in [0.25, 0.3) is 5.69 Å². The molecule has 1 unspecified atom stereocenters. The first-order valence-electron chi connectivity index (χ1n) is 9.02. The first-order valence-corrected chi connectivity index (χ1v) is 11.2. The minimum Gasteiger partial charge on any atom is -0.333 e. The Morgan fingerprint density at radius 3 is 2.78 bits per heavy atom. The highest BCUT2D eigenvalue weighted by Gasteiger charge is 2.36. The Morgan fingerprint density at radius 1 is 1.37 bits per heavy atom. The van der Waals surface area contributed by atoms with E-state index in [1.54, 1.807) is 36.1 Å². The fraction of sp³-hybridized carbons (Fsp3) is 0.500. The van der Waals surface area contributed by atoms with E-state index in [2.05, 4.69) is 10.2 Å². The molecule has 0 N–H and O–H groups in total.